The van der Waals surface area contributed by atoms with Crippen LogP contribution in [0.1, 0.15) is 210 Å². The van der Waals surface area contributed by atoms with E-state index in [9.17, 15) is 71.9 Å². The third-order valence-electron chi connectivity index (χ3n) is 19.3. The molecule has 0 aliphatic rings. The highest BCUT2D eigenvalue weighted by atomic mass is 79.9. The number of hydrogen-bond acceptors (Lipinski definition) is 29. The lowest BCUT2D eigenvalue weighted by molar-refractivity contribution is -0.172. The summed E-state index contributed by atoms with van der Waals surface area (Å²) in [4.78, 5) is 202. The molecule has 127 heavy (non-hydrogen) atoms. The molecule has 0 aliphatic heterocycles. The van der Waals surface area contributed by atoms with Crippen LogP contribution in [0.25, 0.3) is 0 Å². The summed E-state index contributed by atoms with van der Waals surface area (Å²) >= 11 is 29.5. The number of carbonyl (C=O) groups is 15. The van der Waals surface area contributed by atoms with Crippen molar-refractivity contribution in [3.05, 3.63) is 0 Å². The molecule has 0 fully saturated rings. The zero-order valence-electron chi connectivity index (χ0n) is 77.3. The standard InChI is InChI=1S/C83H136Br9N7O28/c1-23-82(93,24-2)30-34-127-83(25-3,26-4)38-78(39-97-54(100)27-31-94-57(103)35-115-42-79(45-118-60(106)69(5,6)84,46-119-61(107)70(7,8)85)47-120-62(108)71(9,10)86,40-98-55(101)28-32-95-58(104)36-116-43-80(48-121-63(109)72(11,12)87,49-122-64(110)73(13,14)88)50-123-65(111)74(15,16)89)41-99-56(102)29-33-96-59(105)37-117-44-81(51-124-66(112)75(17,18)90,52-125-67(113)76(19,20)91)53-126-68(114)77(21,22)92/h23-53,93H2,1-22H3,(H,94,103)(H,95,104)(H,96,105)(H,97,100)(H,98,101)(H,99,102). The number of nitrogens with one attached hydrogen (secondary N) is 6. The van der Waals surface area contributed by atoms with Gasteiger partial charge in [0.15, 0.2) is 0 Å². The van der Waals surface area contributed by atoms with Crippen LogP contribution in [0.2, 0.25) is 0 Å². The van der Waals surface area contributed by atoms with Crippen LogP contribution in [0.4, 0.5) is 0 Å². The van der Waals surface area contributed by atoms with Crippen molar-refractivity contribution in [2.24, 2.45) is 27.4 Å². The molecule has 0 spiro atoms. The minimum absolute atomic E-state index is 0.0397. The highest BCUT2D eigenvalue weighted by molar-refractivity contribution is 9.11. The molecular weight excluding hydrogens is 2260 g/mol. The Morgan fingerprint density at radius 1 is 0.260 bits per heavy atom. The Labute approximate surface area is 823 Å². The molecular formula is C83H136Br9N7O28. The topological polar surface area (TPSA) is 474 Å². The van der Waals surface area contributed by atoms with Gasteiger partial charge in [0.2, 0.25) is 35.4 Å². The number of nitrogens with two attached hydrogens (primary N) is 1. The summed E-state index contributed by atoms with van der Waals surface area (Å²) in [6, 6.07) is 0. The SMILES string of the molecule is CCC(N)(CC)CCOC(CC)(CC)CC(CNC(=O)CCNC(=O)COCC(COC(=O)C(C)(C)Br)(COC(=O)C(C)(C)Br)COC(=O)C(C)(C)Br)(CNC(=O)CCNC(=O)COCC(COC(=O)C(C)(C)Br)(COC(=O)C(C)(C)Br)COC(=O)C(C)(C)Br)CNC(=O)CCNC(=O)COCC(COC(=O)C(C)(C)Br)(COC(=O)C(C)(C)Br)COC(=O)C(C)(C)Br. The van der Waals surface area contributed by atoms with Crippen LogP contribution in [0.15, 0.2) is 0 Å². The van der Waals surface area contributed by atoms with Crippen LogP contribution in [0, 0.1) is 21.7 Å². The van der Waals surface area contributed by atoms with Crippen LogP contribution in [0.3, 0.4) is 0 Å². The number of esters is 9. The maximum atomic E-state index is 14.3. The Balaban J connectivity index is 7.78. The van der Waals surface area contributed by atoms with Crippen molar-refractivity contribution in [1.82, 2.24) is 31.9 Å². The normalized spacial score (nSPS) is 13.0. The maximum absolute atomic E-state index is 14.3. The molecule has 0 aliphatic carbocycles. The molecule has 0 aromatic carbocycles. The smallest absolute Gasteiger partial charge is 0.322 e. The van der Waals surface area contributed by atoms with Crippen molar-refractivity contribution < 1.29 is 133 Å². The van der Waals surface area contributed by atoms with Gasteiger partial charge >= 0.3 is 53.7 Å². The van der Waals surface area contributed by atoms with E-state index in [1.807, 2.05) is 27.7 Å². The fourth-order valence-electron chi connectivity index (χ4n) is 10.5. The van der Waals surface area contributed by atoms with Crippen molar-refractivity contribution in [2.75, 3.05) is 145 Å². The first-order chi connectivity index (χ1) is 57.8. The number of ether oxygens (including phenoxy) is 13. The summed E-state index contributed by atoms with van der Waals surface area (Å²) in [5.74, 6) is -10.6. The zero-order chi connectivity index (χ0) is 98.5. The number of halogens is 9. The van der Waals surface area contributed by atoms with Gasteiger partial charge in [-0.3, -0.25) is 71.9 Å². The lowest BCUT2D eigenvalue weighted by Gasteiger charge is -2.44. The number of hydrogen-bond donors (Lipinski definition) is 7. The highest BCUT2D eigenvalue weighted by Crippen LogP contribution is 2.38. The van der Waals surface area contributed by atoms with Gasteiger partial charge in [-0.1, -0.05) is 171 Å². The van der Waals surface area contributed by atoms with E-state index in [1.165, 1.54) is 125 Å². The zero-order valence-corrected chi connectivity index (χ0v) is 91.6. The molecule has 8 N–H and O–H groups in total. The van der Waals surface area contributed by atoms with Gasteiger partial charge in [0.05, 0.1) is 41.7 Å². The molecule has 0 unspecified atom stereocenters. The molecule has 0 radical (unpaired) electrons. The molecule has 0 heterocycles. The van der Waals surface area contributed by atoms with Crippen LogP contribution in [-0.4, -0.2) is 284 Å². The fourth-order valence-corrected chi connectivity index (χ4v) is 11.5. The first kappa shape index (κ1) is 123. The molecule has 0 rings (SSSR count). The van der Waals surface area contributed by atoms with Gasteiger partial charge in [-0.05, 0) is 163 Å². The molecule has 0 aromatic heterocycles. The summed E-state index contributed by atoms with van der Waals surface area (Å²) in [6.45, 7) is 25.8. The predicted octanol–water partition coefficient (Wildman–Crippen LogP) is 10.2. The average molecular weight is 2400 g/mol. The second-order valence-corrected chi connectivity index (χ2v) is 54.1. The molecule has 734 valence electrons. The molecule has 0 saturated heterocycles. The second kappa shape index (κ2) is 54.6. The maximum Gasteiger partial charge on any atom is 0.322 e. The second-order valence-electron chi connectivity index (χ2n) is 36.3. The average Bonchev–Trinajstić information content (AvgIpc) is 0.809. The van der Waals surface area contributed by atoms with Crippen LogP contribution in [-0.2, 0) is 133 Å². The summed E-state index contributed by atoms with van der Waals surface area (Å²) in [7, 11) is 0. The largest absolute Gasteiger partial charge is 0.464 e. The Kier molecular flexibility index (Phi) is 53.0. The van der Waals surface area contributed by atoms with Crippen molar-refractivity contribution in [3.8, 4) is 0 Å². The van der Waals surface area contributed by atoms with E-state index in [4.69, 9.17) is 67.3 Å². The van der Waals surface area contributed by atoms with Crippen molar-refractivity contribution in [2.45, 2.75) is 260 Å². The lowest BCUT2D eigenvalue weighted by atomic mass is 9.74. The molecule has 0 aromatic rings. The number of carbonyl (C=O) groups excluding carboxylic acids is 15. The quantitative estimate of drug-likeness (QED) is 0.0169. The molecule has 0 atom stereocenters. The van der Waals surface area contributed by atoms with Crippen LogP contribution in [0.5, 0.6) is 0 Å². The summed E-state index contributed by atoms with van der Waals surface area (Å²) in [6.07, 6.45) is 1.39. The third kappa shape index (κ3) is 50.4. The Morgan fingerprint density at radius 2 is 0.449 bits per heavy atom. The van der Waals surface area contributed by atoms with Gasteiger partial charge in [0.1, 0.15) is 118 Å². The van der Waals surface area contributed by atoms with Crippen LogP contribution >= 0.6 is 143 Å². The number of amides is 6. The monoisotopic (exact) mass is 2390 g/mol. The molecule has 35 nitrogen and oxygen atoms in total. The first-order valence-corrected chi connectivity index (χ1v) is 48.4. The van der Waals surface area contributed by atoms with E-state index < -0.39 is 260 Å². The molecule has 0 bridgehead atoms. The van der Waals surface area contributed by atoms with E-state index in [0.29, 0.717) is 32.1 Å². The fraction of sp³-hybridized carbons (Fsp3) is 0.819. The van der Waals surface area contributed by atoms with E-state index in [0.717, 1.165) is 0 Å². The number of rotatable bonds is 64. The van der Waals surface area contributed by atoms with E-state index in [1.54, 1.807) is 0 Å². The summed E-state index contributed by atoms with van der Waals surface area (Å²) < 4.78 is 64.8. The van der Waals surface area contributed by atoms with Gasteiger partial charge < -0.3 is 99.2 Å². The Hall–Kier alpha value is -3.83. The lowest BCUT2D eigenvalue weighted by Crippen LogP contribution is -2.56. The predicted molar refractivity (Wildman–Crippen MR) is 506 cm³/mol. The van der Waals surface area contributed by atoms with E-state index >= 15 is 0 Å². The van der Waals surface area contributed by atoms with Gasteiger partial charge in [-0.2, -0.15) is 0 Å². The minimum atomic E-state index is -1.58. The Bertz CT molecular complexity index is 3070. The summed E-state index contributed by atoms with van der Waals surface area (Å²) in [5, 5.41) is 16.7. The van der Waals surface area contributed by atoms with Gasteiger partial charge in [-0.25, -0.2) is 0 Å². The molecule has 6 amide bonds. The van der Waals surface area contributed by atoms with E-state index in [2.05, 4.69) is 175 Å². The highest BCUT2D eigenvalue weighted by Gasteiger charge is 2.47. The first-order valence-electron chi connectivity index (χ1n) is 41.3. The third-order valence-corrected chi connectivity index (χ3v) is 22.2. The van der Waals surface area contributed by atoms with Crippen molar-refractivity contribution in [1.29, 1.82) is 0 Å². The van der Waals surface area contributed by atoms with Gasteiger partial charge in [0.25, 0.3) is 0 Å². The summed E-state index contributed by atoms with van der Waals surface area (Å²) in [5.41, 5.74) is -0.958. The van der Waals surface area contributed by atoms with Crippen molar-refractivity contribution >= 4 is 233 Å². The minimum Gasteiger partial charge on any atom is -0.464 e. The Morgan fingerprint density at radius 3 is 0.614 bits per heavy atom. The number of alkyl halides is 9. The van der Waals surface area contributed by atoms with Crippen molar-refractivity contribution in [3.63, 3.8) is 0 Å². The van der Waals surface area contributed by atoms with Gasteiger partial charge in [0, 0.05) is 76.1 Å². The molecule has 44 heteroatoms. The van der Waals surface area contributed by atoms with Crippen LogP contribution < -0.4 is 37.6 Å². The van der Waals surface area contributed by atoms with E-state index in [-0.39, 0.29) is 71.6 Å². The van der Waals surface area contributed by atoms with Gasteiger partial charge in [-0.15, -0.1) is 0 Å². The molecule has 0 saturated carbocycles.